The predicted molar refractivity (Wildman–Crippen MR) is 97.6 cm³/mol. The lowest BCUT2D eigenvalue weighted by Crippen LogP contribution is -2.35. The number of morpholine rings is 1. The Bertz CT molecular complexity index is 694. The van der Waals surface area contributed by atoms with E-state index in [1.54, 1.807) is 7.11 Å². The van der Waals surface area contributed by atoms with Crippen LogP contribution in [0.25, 0.3) is 0 Å². The second-order valence-electron chi connectivity index (χ2n) is 6.17. The maximum Gasteiger partial charge on any atom is 0.255 e. The molecule has 0 spiro atoms. The first-order chi connectivity index (χ1) is 12.2. The predicted octanol–water partition coefficient (Wildman–Crippen LogP) is 2.92. The number of ether oxygens (including phenoxy) is 2. The lowest BCUT2D eigenvalue weighted by atomic mass is 10.1. The number of hydrogen-bond acceptors (Lipinski definition) is 4. The van der Waals surface area contributed by atoms with Crippen molar-refractivity contribution in [1.82, 2.24) is 4.90 Å². The van der Waals surface area contributed by atoms with Crippen molar-refractivity contribution in [2.45, 2.75) is 13.2 Å². The SMILES string of the molecule is COCc1cccc(NC(=O)c2ccc(CN3CCOCC3)cc2)c1. The lowest BCUT2D eigenvalue weighted by Gasteiger charge is -2.26. The van der Waals surface area contributed by atoms with Crippen LogP contribution in [0.5, 0.6) is 0 Å². The summed E-state index contributed by atoms with van der Waals surface area (Å²) in [7, 11) is 1.66. The summed E-state index contributed by atoms with van der Waals surface area (Å²) in [5, 5.41) is 2.94. The Labute approximate surface area is 148 Å². The van der Waals surface area contributed by atoms with Crippen LogP contribution in [-0.4, -0.2) is 44.2 Å². The van der Waals surface area contributed by atoms with Crippen molar-refractivity contribution in [2.75, 3.05) is 38.7 Å². The number of amides is 1. The van der Waals surface area contributed by atoms with E-state index in [0.29, 0.717) is 12.2 Å². The van der Waals surface area contributed by atoms with Gasteiger partial charge in [-0.1, -0.05) is 24.3 Å². The summed E-state index contributed by atoms with van der Waals surface area (Å²) in [4.78, 5) is 14.8. The zero-order valence-electron chi connectivity index (χ0n) is 14.5. The number of carbonyl (C=O) groups excluding carboxylic acids is 1. The normalized spacial score (nSPS) is 15.1. The Morgan fingerprint density at radius 3 is 2.60 bits per heavy atom. The molecular weight excluding hydrogens is 316 g/mol. The highest BCUT2D eigenvalue weighted by Crippen LogP contribution is 2.14. The molecule has 1 aliphatic heterocycles. The summed E-state index contributed by atoms with van der Waals surface area (Å²) < 4.78 is 10.5. The van der Waals surface area contributed by atoms with Gasteiger partial charge in [0, 0.05) is 38.0 Å². The van der Waals surface area contributed by atoms with Crippen LogP contribution in [0.15, 0.2) is 48.5 Å². The van der Waals surface area contributed by atoms with Gasteiger partial charge in [-0.15, -0.1) is 0 Å². The smallest absolute Gasteiger partial charge is 0.255 e. The molecule has 1 amide bonds. The first kappa shape index (κ1) is 17.6. The van der Waals surface area contributed by atoms with Gasteiger partial charge in [-0.3, -0.25) is 9.69 Å². The summed E-state index contributed by atoms with van der Waals surface area (Å²) in [6.07, 6.45) is 0. The fourth-order valence-electron chi connectivity index (χ4n) is 2.89. The van der Waals surface area contributed by atoms with E-state index in [-0.39, 0.29) is 5.91 Å². The lowest BCUT2D eigenvalue weighted by molar-refractivity contribution is 0.0342. The maximum absolute atomic E-state index is 12.4. The second-order valence-corrected chi connectivity index (χ2v) is 6.17. The number of rotatable bonds is 6. The molecule has 0 radical (unpaired) electrons. The third-order valence-electron chi connectivity index (χ3n) is 4.22. The molecule has 132 valence electrons. The molecule has 1 saturated heterocycles. The topological polar surface area (TPSA) is 50.8 Å². The molecule has 5 nitrogen and oxygen atoms in total. The molecule has 1 N–H and O–H groups in total. The third-order valence-corrected chi connectivity index (χ3v) is 4.22. The first-order valence-electron chi connectivity index (χ1n) is 8.53. The Hall–Kier alpha value is -2.21. The second kappa shape index (κ2) is 8.76. The molecule has 0 atom stereocenters. The minimum absolute atomic E-state index is 0.104. The minimum Gasteiger partial charge on any atom is -0.380 e. The zero-order valence-corrected chi connectivity index (χ0v) is 14.5. The summed E-state index contributed by atoms with van der Waals surface area (Å²) in [6, 6.07) is 15.5. The molecule has 0 unspecified atom stereocenters. The van der Waals surface area contributed by atoms with Crippen LogP contribution >= 0.6 is 0 Å². The number of hydrogen-bond donors (Lipinski definition) is 1. The van der Waals surface area contributed by atoms with Gasteiger partial charge in [0.1, 0.15) is 0 Å². The molecule has 5 heteroatoms. The van der Waals surface area contributed by atoms with Crippen molar-refractivity contribution in [2.24, 2.45) is 0 Å². The van der Waals surface area contributed by atoms with E-state index in [1.165, 1.54) is 5.56 Å². The van der Waals surface area contributed by atoms with Gasteiger partial charge in [-0.05, 0) is 35.4 Å². The standard InChI is InChI=1S/C20H24N2O3/c1-24-15-17-3-2-4-19(13-17)21-20(23)18-7-5-16(6-8-18)14-22-9-11-25-12-10-22/h2-8,13H,9-12,14-15H2,1H3,(H,21,23). The van der Waals surface area contributed by atoms with Gasteiger partial charge in [0.05, 0.1) is 19.8 Å². The van der Waals surface area contributed by atoms with Crippen LogP contribution in [0.1, 0.15) is 21.5 Å². The summed E-state index contributed by atoms with van der Waals surface area (Å²) >= 11 is 0. The maximum atomic E-state index is 12.4. The molecule has 2 aromatic carbocycles. The molecular formula is C20H24N2O3. The van der Waals surface area contributed by atoms with Crippen LogP contribution < -0.4 is 5.32 Å². The van der Waals surface area contributed by atoms with E-state index in [4.69, 9.17) is 9.47 Å². The summed E-state index contributed by atoms with van der Waals surface area (Å²) in [5.41, 5.74) is 3.67. The van der Waals surface area contributed by atoms with Crippen molar-refractivity contribution in [3.8, 4) is 0 Å². The summed E-state index contributed by atoms with van der Waals surface area (Å²) in [6.45, 7) is 4.93. The Balaban J connectivity index is 1.59. The van der Waals surface area contributed by atoms with Gasteiger partial charge in [0.25, 0.3) is 5.91 Å². The monoisotopic (exact) mass is 340 g/mol. The van der Waals surface area contributed by atoms with Crippen molar-refractivity contribution in [3.05, 3.63) is 65.2 Å². The van der Waals surface area contributed by atoms with Gasteiger partial charge >= 0.3 is 0 Å². The number of benzene rings is 2. The van der Waals surface area contributed by atoms with E-state index < -0.39 is 0 Å². The molecule has 1 fully saturated rings. The Morgan fingerprint density at radius 1 is 1.12 bits per heavy atom. The average Bonchev–Trinajstić information content (AvgIpc) is 2.64. The van der Waals surface area contributed by atoms with Gasteiger partial charge in [0.2, 0.25) is 0 Å². The van der Waals surface area contributed by atoms with Crippen molar-refractivity contribution < 1.29 is 14.3 Å². The molecule has 0 aromatic heterocycles. The zero-order chi connectivity index (χ0) is 17.5. The molecule has 1 heterocycles. The Kier molecular flexibility index (Phi) is 6.17. The van der Waals surface area contributed by atoms with Gasteiger partial charge < -0.3 is 14.8 Å². The molecule has 1 aliphatic rings. The van der Waals surface area contributed by atoms with E-state index in [0.717, 1.165) is 44.1 Å². The van der Waals surface area contributed by atoms with Gasteiger partial charge in [-0.2, -0.15) is 0 Å². The number of anilines is 1. The number of methoxy groups -OCH3 is 1. The first-order valence-corrected chi connectivity index (χ1v) is 8.53. The van der Waals surface area contributed by atoms with Crippen LogP contribution in [0.2, 0.25) is 0 Å². The molecule has 25 heavy (non-hydrogen) atoms. The molecule has 0 bridgehead atoms. The highest BCUT2D eigenvalue weighted by atomic mass is 16.5. The van der Waals surface area contributed by atoms with E-state index in [9.17, 15) is 4.79 Å². The highest BCUT2D eigenvalue weighted by molar-refractivity contribution is 6.04. The third kappa shape index (κ3) is 5.13. The van der Waals surface area contributed by atoms with Crippen molar-refractivity contribution in [1.29, 1.82) is 0 Å². The largest absolute Gasteiger partial charge is 0.380 e. The van der Waals surface area contributed by atoms with Crippen LogP contribution in [0, 0.1) is 0 Å². The van der Waals surface area contributed by atoms with Crippen molar-refractivity contribution in [3.63, 3.8) is 0 Å². The average molecular weight is 340 g/mol. The Morgan fingerprint density at radius 2 is 1.88 bits per heavy atom. The fraction of sp³-hybridized carbons (Fsp3) is 0.350. The highest BCUT2D eigenvalue weighted by Gasteiger charge is 2.11. The van der Waals surface area contributed by atoms with Gasteiger partial charge in [-0.25, -0.2) is 0 Å². The van der Waals surface area contributed by atoms with Crippen LogP contribution in [-0.2, 0) is 22.6 Å². The minimum atomic E-state index is -0.104. The van der Waals surface area contributed by atoms with Crippen molar-refractivity contribution >= 4 is 11.6 Å². The van der Waals surface area contributed by atoms with E-state index in [2.05, 4.69) is 10.2 Å². The molecule has 3 rings (SSSR count). The van der Waals surface area contributed by atoms with Gasteiger partial charge in [0.15, 0.2) is 0 Å². The molecule has 0 aliphatic carbocycles. The van der Waals surface area contributed by atoms with E-state index in [1.807, 2.05) is 48.5 Å². The van der Waals surface area contributed by atoms with Crippen LogP contribution in [0.4, 0.5) is 5.69 Å². The molecule has 2 aromatic rings. The number of nitrogens with zero attached hydrogens (tertiary/aromatic N) is 1. The van der Waals surface area contributed by atoms with Crippen LogP contribution in [0.3, 0.4) is 0 Å². The fourth-order valence-corrected chi connectivity index (χ4v) is 2.89. The quantitative estimate of drug-likeness (QED) is 0.878. The number of nitrogens with one attached hydrogen (secondary N) is 1. The molecule has 0 saturated carbocycles. The number of carbonyl (C=O) groups is 1. The van der Waals surface area contributed by atoms with E-state index >= 15 is 0 Å². The summed E-state index contributed by atoms with van der Waals surface area (Å²) in [5.74, 6) is -0.104.